The SMILES string of the molecule is O=C(O)/C(=C\F)c1c(Cl)c(Cl)c(Cl)c(Cl)c1Cl. The van der Waals surface area contributed by atoms with E-state index in [0.717, 1.165) is 0 Å². The molecule has 1 aromatic carbocycles. The average Bonchev–Trinajstić information content (AvgIpc) is 2.29. The Hall–Kier alpha value is -0.190. The van der Waals surface area contributed by atoms with E-state index >= 15 is 0 Å². The van der Waals surface area contributed by atoms with Gasteiger partial charge in [-0.1, -0.05) is 58.0 Å². The zero-order chi connectivity index (χ0) is 13.3. The summed E-state index contributed by atoms with van der Waals surface area (Å²) >= 11 is 28.7. The van der Waals surface area contributed by atoms with Crippen molar-refractivity contribution in [1.29, 1.82) is 0 Å². The molecule has 0 radical (unpaired) electrons. The third-order valence-electron chi connectivity index (χ3n) is 1.82. The van der Waals surface area contributed by atoms with E-state index in [1.165, 1.54) is 0 Å². The molecule has 0 heterocycles. The largest absolute Gasteiger partial charge is 0.478 e. The first-order valence-electron chi connectivity index (χ1n) is 3.88. The van der Waals surface area contributed by atoms with Crippen LogP contribution in [0.15, 0.2) is 6.33 Å². The Balaban J connectivity index is 3.72. The van der Waals surface area contributed by atoms with Crippen LogP contribution in [0.5, 0.6) is 0 Å². The molecule has 0 aliphatic carbocycles. The lowest BCUT2D eigenvalue weighted by Crippen LogP contribution is -2.01. The highest BCUT2D eigenvalue weighted by Gasteiger charge is 2.25. The number of aliphatic carboxylic acids is 1. The van der Waals surface area contributed by atoms with Gasteiger partial charge in [0.25, 0.3) is 0 Å². The number of benzene rings is 1. The topological polar surface area (TPSA) is 37.3 Å². The van der Waals surface area contributed by atoms with Crippen molar-refractivity contribution in [2.75, 3.05) is 0 Å². The summed E-state index contributed by atoms with van der Waals surface area (Å²) in [5, 5.41) is 7.70. The van der Waals surface area contributed by atoms with E-state index in [1.54, 1.807) is 0 Å². The monoisotopic (exact) mass is 336 g/mol. The quantitative estimate of drug-likeness (QED) is 0.448. The Labute approximate surface area is 120 Å². The summed E-state index contributed by atoms with van der Waals surface area (Å²) in [6, 6.07) is 0. The van der Waals surface area contributed by atoms with Gasteiger partial charge in [-0.25, -0.2) is 9.18 Å². The smallest absolute Gasteiger partial charge is 0.338 e. The van der Waals surface area contributed by atoms with Crippen molar-refractivity contribution in [2.24, 2.45) is 0 Å². The van der Waals surface area contributed by atoms with E-state index in [-0.39, 0.29) is 37.0 Å². The summed E-state index contributed by atoms with van der Waals surface area (Å²) in [5.74, 6) is -1.56. The van der Waals surface area contributed by atoms with Gasteiger partial charge in [0.2, 0.25) is 0 Å². The van der Waals surface area contributed by atoms with Gasteiger partial charge >= 0.3 is 5.97 Å². The fraction of sp³-hybridized carbons (Fsp3) is 0. The van der Waals surface area contributed by atoms with Gasteiger partial charge in [-0.15, -0.1) is 0 Å². The van der Waals surface area contributed by atoms with Crippen LogP contribution in [0.25, 0.3) is 5.57 Å². The maximum absolute atomic E-state index is 12.5. The highest BCUT2D eigenvalue weighted by Crippen LogP contribution is 2.46. The molecular formula is C9H2Cl5FO2. The summed E-state index contributed by atoms with van der Waals surface area (Å²) in [6.45, 7) is 0. The van der Waals surface area contributed by atoms with Crippen LogP contribution in [0.2, 0.25) is 25.1 Å². The van der Waals surface area contributed by atoms with Gasteiger partial charge in [-0.3, -0.25) is 0 Å². The molecule has 0 amide bonds. The van der Waals surface area contributed by atoms with Gasteiger partial charge in [0.05, 0.1) is 30.7 Å². The third kappa shape index (κ3) is 2.64. The molecular weight excluding hydrogens is 336 g/mol. The lowest BCUT2D eigenvalue weighted by Gasteiger charge is -2.11. The first-order valence-corrected chi connectivity index (χ1v) is 5.77. The van der Waals surface area contributed by atoms with Crippen LogP contribution < -0.4 is 0 Å². The van der Waals surface area contributed by atoms with Crippen LogP contribution in [-0.4, -0.2) is 11.1 Å². The summed E-state index contributed by atoms with van der Waals surface area (Å²) in [5.41, 5.74) is -1.08. The molecule has 0 bridgehead atoms. The number of hydrogen-bond acceptors (Lipinski definition) is 1. The maximum Gasteiger partial charge on any atom is 0.338 e. The van der Waals surface area contributed by atoms with Crippen LogP contribution in [0.1, 0.15) is 5.56 Å². The van der Waals surface area contributed by atoms with Crippen molar-refractivity contribution >= 4 is 69.5 Å². The van der Waals surface area contributed by atoms with Crippen molar-refractivity contribution in [2.45, 2.75) is 0 Å². The van der Waals surface area contributed by atoms with Gasteiger partial charge in [-0.2, -0.15) is 0 Å². The minimum absolute atomic E-state index is 0.129. The number of carbonyl (C=O) groups is 1. The molecule has 1 aromatic rings. The number of halogens is 6. The summed E-state index contributed by atoms with van der Waals surface area (Å²) in [6.07, 6.45) is -0.157. The lowest BCUT2D eigenvalue weighted by atomic mass is 10.1. The fourth-order valence-corrected chi connectivity index (χ4v) is 2.39. The van der Waals surface area contributed by atoms with Gasteiger partial charge in [-0.05, 0) is 0 Å². The molecule has 1 rings (SSSR count). The van der Waals surface area contributed by atoms with Gasteiger partial charge in [0.15, 0.2) is 0 Å². The Morgan fingerprint density at radius 1 is 0.941 bits per heavy atom. The molecule has 0 saturated carbocycles. The van der Waals surface area contributed by atoms with Crippen LogP contribution >= 0.6 is 58.0 Å². The number of carboxylic acids is 1. The Bertz CT molecular complexity index is 498. The molecule has 0 spiro atoms. The molecule has 0 aromatic heterocycles. The van der Waals surface area contributed by atoms with E-state index in [2.05, 4.69) is 0 Å². The second-order valence-electron chi connectivity index (χ2n) is 2.77. The predicted octanol–water partition coefficient (Wildman–Crippen LogP) is 5.35. The molecule has 0 fully saturated rings. The molecule has 8 heteroatoms. The van der Waals surface area contributed by atoms with Crippen LogP contribution in [0.4, 0.5) is 4.39 Å². The van der Waals surface area contributed by atoms with Crippen molar-refractivity contribution in [1.82, 2.24) is 0 Å². The highest BCUT2D eigenvalue weighted by atomic mass is 35.5. The second kappa shape index (κ2) is 5.63. The normalized spacial score (nSPS) is 11.8. The molecule has 1 N–H and O–H groups in total. The van der Waals surface area contributed by atoms with Gasteiger partial charge in [0.1, 0.15) is 6.33 Å². The lowest BCUT2D eigenvalue weighted by molar-refractivity contribution is -0.130. The Morgan fingerprint density at radius 3 is 1.59 bits per heavy atom. The predicted molar refractivity (Wildman–Crippen MR) is 68.2 cm³/mol. The number of rotatable bonds is 2. The van der Waals surface area contributed by atoms with Crippen molar-refractivity contribution < 1.29 is 14.3 Å². The standard InChI is InChI=1S/C9H2Cl5FO2/c10-4-3(2(1-15)9(16)17)5(11)7(13)8(14)6(4)12/h1H,(H,16,17)/b2-1-. The van der Waals surface area contributed by atoms with Crippen LogP contribution in [-0.2, 0) is 4.79 Å². The van der Waals surface area contributed by atoms with Gasteiger partial charge in [0, 0.05) is 5.56 Å². The average molecular weight is 338 g/mol. The molecule has 2 nitrogen and oxygen atoms in total. The molecule has 0 atom stereocenters. The number of hydrogen-bond donors (Lipinski definition) is 1. The van der Waals surface area contributed by atoms with E-state index in [9.17, 15) is 9.18 Å². The van der Waals surface area contributed by atoms with E-state index in [0.29, 0.717) is 0 Å². The molecule has 0 saturated heterocycles. The Kier molecular flexibility index (Phi) is 4.93. The summed E-state index contributed by atoms with van der Waals surface area (Å²) < 4.78 is 12.5. The molecule has 17 heavy (non-hydrogen) atoms. The first-order chi connectivity index (χ1) is 7.82. The van der Waals surface area contributed by atoms with E-state index in [4.69, 9.17) is 63.1 Å². The van der Waals surface area contributed by atoms with Crippen molar-refractivity contribution in [3.8, 4) is 0 Å². The van der Waals surface area contributed by atoms with E-state index in [1.807, 2.05) is 0 Å². The van der Waals surface area contributed by atoms with Crippen LogP contribution in [0, 0.1) is 0 Å². The summed E-state index contributed by atoms with van der Waals surface area (Å²) in [4.78, 5) is 10.8. The second-order valence-corrected chi connectivity index (χ2v) is 4.66. The summed E-state index contributed by atoms with van der Waals surface area (Å²) in [7, 11) is 0. The third-order valence-corrected chi connectivity index (χ3v) is 4.10. The molecule has 0 unspecified atom stereocenters. The van der Waals surface area contributed by atoms with Crippen molar-refractivity contribution in [3.63, 3.8) is 0 Å². The molecule has 92 valence electrons. The van der Waals surface area contributed by atoms with Gasteiger partial charge < -0.3 is 5.11 Å². The highest BCUT2D eigenvalue weighted by molar-refractivity contribution is 6.56. The van der Waals surface area contributed by atoms with Crippen LogP contribution in [0.3, 0.4) is 0 Å². The van der Waals surface area contributed by atoms with E-state index < -0.39 is 11.5 Å². The first kappa shape index (κ1) is 14.9. The number of carboxylic acid groups (broad SMARTS) is 1. The van der Waals surface area contributed by atoms with Crippen molar-refractivity contribution in [3.05, 3.63) is 37.0 Å². The Morgan fingerprint density at radius 2 is 1.29 bits per heavy atom. The zero-order valence-electron chi connectivity index (χ0n) is 7.70. The minimum Gasteiger partial charge on any atom is -0.478 e. The minimum atomic E-state index is -1.56. The fourth-order valence-electron chi connectivity index (χ4n) is 1.05. The maximum atomic E-state index is 12.5. The zero-order valence-corrected chi connectivity index (χ0v) is 11.5. The molecule has 0 aliphatic heterocycles. The molecule has 0 aliphatic rings.